The molecule has 0 spiro atoms. The molecule has 0 saturated carbocycles. The van der Waals surface area contributed by atoms with E-state index in [4.69, 9.17) is 10.5 Å². The number of guanidine groups is 1. The SMILES string of the molecule is CCCOCc1ccccc1CN=C(N)Nc1ccc(OC(F)(F)F)cc1.I. The Balaban J connectivity index is 0.00000392. The zero-order valence-electron chi connectivity index (χ0n) is 15.3. The number of halogens is 4. The van der Waals surface area contributed by atoms with Crippen LogP contribution in [0.15, 0.2) is 53.5 Å². The highest BCUT2D eigenvalue weighted by Crippen LogP contribution is 2.23. The van der Waals surface area contributed by atoms with Crippen LogP contribution in [0.4, 0.5) is 18.9 Å². The highest BCUT2D eigenvalue weighted by atomic mass is 127. The van der Waals surface area contributed by atoms with Crippen LogP contribution in [0.1, 0.15) is 24.5 Å². The molecule has 0 heterocycles. The van der Waals surface area contributed by atoms with E-state index in [2.05, 4.69) is 15.0 Å². The Morgan fingerprint density at radius 1 is 1.07 bits per heavy atom. The van der Waals surface area contributed by atoms with Gasteiger partial charge in [-0.3, -0.25) is 0 Å². The quantitative estimate of drug-likeness (QED) is 0.226. The Morgan fingerprint density at radius 3 is 2.32 bits per heavy atom. The second kappa shape index (κ2) is 11.7. The number of anilines is 1. The minimum Gasteiger partial charge on any atom is -0.406 e. The third kappa shape index (κ3) is 8.79. The smallest absolute Gasteiger partial charge is 0.406 e. The first kappa shape index (κ1) is 24.0. The van der Waals surface area contributed by atoms with Crippen LogP contribution in [0, 0.1) is 0 Å². The van der Waals surface area contributed by atoms with Crippen LogP contribution in [0.2, 0.25) is 0 Å². The molecule has 0 unspecified atom stereocenters. The van der Waals surface area contributed by atoms with Gasteiger partial charge in [-0.2, -0.15) is 0 Å². The van der Waals surface area contributed by atoms with Gasteiger partial charge in [-0.15, -0.1) is 37.1 Å². The molecule has 5 nitrogen and oxygen atoms in total. The number of rotatable bonds is 8. The van der Waals surface area contributed by atoms with Crippen molar-refractivity contribution in [1.82, 2.24) is 0 Å². The minimum atomic E-state index is -4.72. The second-order valence-corrected chi connectivity index (χ2v) is 5.72. The number of benzene rings is 2. The van der Waals surface area contributed by atoms with E-state index in [1.54, 1.807) is 0 Å². The van der Waals surface area contributed by atoms with Crippen LogP contribution in [-0.2, 0) is 17.9 Å². The fourth-order valence-corrected chi connectivity index (χ4v) is 2.28. The molecular formula is C19H23F3IN3O2. The number of nitrogens with zero attached hydrogens (tertiary/aromatic N) is 1. The third-order valence-electron chi connectivity index (χ3n) is 3.50. The summed E-state index contributed by atoms with van der Waals surface area (Å²) in [4.78, 5) is 4.28. The summed E-state index contributed by atoms with van der Waals surface area (Å²) in [6.07, 6.45) is -3.77. The molecule has 0 aliphatic carbocycles. The van der Waals surface area contributed by atoms with Crippen LogP contribution in [-0.4, -0.2) is 18.9 Å². The first-order valence-electron chi connectivity index (χ1n) is 8.44. The van der Waals surface area contributed by atoms with Gasteiger partial charge in [-0.25, -0.2) is 4.99 Å². The Hall–Kier alpha value is -2.01. The summed E-state index contributed by atoms with van der Waals surface area (Å²) in [5, 5.41) is 2.83. The maximum absolute atomic E-state index is 12.2. The molecule has 0 aromatic heterocycles. The molecule has 2 rings (SSSR count). The number of aliphatic imine (C=N–C) groups is 1. The van der Waals surface area contributed by atoms with Crippen molar-refractivity contribution in [3.05, 3.63) is 59.7 Å². The molecule has 0 fully saturated rings. The number of nitrogens with one attached hydrogen (secondary N) is 1. The van der Waals surface area contributed by atoms with Gasteiger partial charge in [-0.05, 0) is 41.8 Å². The highest BCUT2D eigenvalue weighted by molar-refractivity contribution is 14.0. The highest BCUT2D eigenvalue weighted by Gasteiger charge is 2.30. The second-order valence-electron chi connectivity index (χ2n) is 5.72. The van der Waals surface area contributed by atoms with Gasteiger partial charge in [-0.1, -0.05) is 31.2 Å². The maximum atomic E-state index is 12.2. The number of ether oxygens (including phenoxy) is 2. The van der Waals surface area contributed by atoms with Crippen molar-refractivity contribution < 1.29 is 22.6 Å². The Morgan fingerprint density at radius 2 is 1.71 bits per heavy atom. The van der Waals surface area contributed by atoms with Gasteiger partial charge in [0.2, 0.25) is 0 Å². The minimum absolute atomic E-state index is 0. The zero-order valence-corrected chi connectivity index (χ0v) is 17.7. The summed E-state index contributed by atoms with van der Waals surface area (Å²) in [6, 6.07) is 13.0. The summed E-state index contributed by atoms with van der Waals surface area (Å²) in [6.45, 7) is 3.60. The molecule has 3 N–H and O–H groups in total. The van der Waals surface area contributed by atoms with Crippen molar-refractivity contribution in [3.8, 4) is 5.75 Å². The average molecular weight is 509 g/mol. The lowest BCUT2D eigenvalue weighted by molar-refractivity contribution is -0.274. The number of nitrogens with two attached hydrogens (primary N) is 1. The fraction of sp³-hybridized carbons (Fsp3) is 0.316. The lowest BCUT2D eigenvalue weighted by atomic mass is 10.1. The predicted octanol–water partition coefficient (Wildman–Crippen LogP) is 5.06. The van der Waals surface area contributed by atoms with Crippen LogP contribution in [0.25, 0.3) is 0 Å². The molecule has 154 valence electrons. The van der Waals surface area contributed by atoms with Gasteiger partial charge in [0.25, 0.3) is 0 Å². The lowest BCUT2D eigenvalue weighted by Crippen LogP contribution is -2.22. The Bertz CT molecular complexity index is 753. The van der Waals surface area contributed by atoms with E-state index in [-0.39, 0.29) is 35.7 Å². The van der Waals surface area contributed by atoms with Crippen LogP contribution < -0.4 is 15.8 Å². The van der Waals surface area contributed by atoms with Gasteiger partial charge >= 0.3 is 6.36 Å². The molecule has 0 bridgehead atoms. The molecule has 9 heteroatoms. The van der Waals surface area contributed by atoms with E-state index >= 15 is 0 Å². The predicted molar refractivity (Wildman–Crippen MR) is 114 cm³/mol. The number of alkyl halides is 3. The number of hydrogen-bond acceptors (Lipinski definition) is 3. The van der Waals surface area contributed by atoms with E-state index < -0.39 is 6.36 Å². The first-order chi connectivity index (χ1) is 12.9. The van der Waals surface area contributed by atoms with Gasteiger partial charge in [0, 0.05) is 12.3 Å². The molecule has 0 aliphatic heterocycles. The monoisotopic (exact) mass is 509 g/mol. The molecule has 2 aromatic carbocycles. The molecule has 0 amide bonds. The van der Waals surface area contributed by atoms with Gasteiger partial charge in [0.1, 0.15) is 5.75 Å². The van der Waals surface area contributed by atoms with Crippen molar-refractivity contribution in [1.29, 1.82) is 0 Å². The first-order valence-corrected chi connectivity index (χ1v) is 8.44. The van der Waals surface area contributed by atoms with E-state index in [9.17, 15) is 13.2 Å². The molecule has 2 aromatic rings. The van der Waals surface area contributed by atoms with E-state index in [1.807, 2.05) is 31.2 Å². The molecular weight excluding hydrogens is 486 g/mol. The van der Waals surface area contributed by atoms with Crippen molar-refractivity contribution in [2.45, 2.75) is 32.9 Å². The summed E-state index contributed by atoms with van der Waals surface area (Å²) in [5.41, 5.74) is 8.40. The Labute approximate surface area is 179 Å². The summed E-state index contributed by atoms with van der Waals surface area (Å²) < 4.78 is 45.9. The molecule has 28 heavy (non-hydrogen) atoms. The largest absolute Gasteiger partial charge is 0.573 e. The fourth-order valence-electron chi connectivity index (χ4n) is 2.28. The van der Waals surface area contributed by atoms with E-state index in [1.165, 1.54) is 24.3 Å². The normalized spacial score (nSPS) is 11.6. The average Bonchev–Trinajstić information content (AvgIpc) is 2.61. The lowest BCUT2D eigenvalue weighted by Gasteiger charge is -2.11. The van der Waals surface area contributed by atoms with E-state index in [0.29, 0.717) is 25.4 Å². The maximum Gasteiger partial charge on any atom is 0.573 e. The standard InChI is InChI=1S/C19H22F3N3O2.HI/c1-2-11-26-13-15-6-4-3-5-14(15)12-24-18(23)25-16-7-9-17(10-8-16)27-19(20,21)22;/h3-10H,2,11-13H2,1H3,(H3,23,24,25);1H. The van der Waals surface area contributed by atoms with Crippen molar-refractivity contribution >= 4 is 35.6 Å². The summed E-state index contributed by atoms with van der Waals surface area (Å²) in [7, 11) is 0. The van der Waals surface area contributed by atoms with Gasteiger partial charge < -0.3 is 20.5 Å². The van der Waals surface area contributed by atoms with Crippen molar-refractivity contribution in [3.63, 3.8) is 0 Å². The summed E-state index contributed by atoms with van der Waals surface area (Å²) >= 11 is 0. The van der Waals surface area contributed by atoms with Crippen molar-refractivity contribution in [2.24, 2.45) is 10.7 Å². The van der Waals surface area contributed by atoms with Gasteiger partial charge in [0.05, 0.1) is 13.2 Å². The summed E-state index contributed by atoms with van der Waals surface area (Å²) in [5.74, 6) is -0.145. The van der Waals surface area contributed by atoms with Crippen LogP contribution in [0.5, 0.6) is 5.75 Å². The third-order valence-corrected chi connectivity index (χ3v) is 3.50. The molecule has 0 saturated heterocycles. The molecule has 0 atom stereocenters. The van der Waals surface area contributed by atoms with Crippen LogP contribution >= 0.6 is 24.0 Å². The zero-order chi connectivity index (χ0) is 19.7. The van der Waals surface area contributed by atoms with Crippen LogP contribution in [0.3, 0.4) is 0 Å². The van der Waals surface area contributed by atoms with Crippen molar-refractivity contribution in [2.75, 3.05) is 11.9 Å². The molecule has 0 radical (unpaired) electrons. The molecule has 0 aliphatic rings. The van der Waals surface area contributed by atoms with Gasteiger partial charge in [0.15, 0.2) is 5.96 Å². The Kier molecular flexibility index (Phi) is 10.1. The number of hydrogen-bond donors (Lipinski definition) is 2. The topological polar surface area (TPSA) is 68.9 Å². The van der Waals surface area contributed by atoms with E-state index in [0.717, 1.165) is 17.5 Å².